The van der Waals surface area contributed by atoms with Gasteiger partial charge >= 0.3 is 0 Å². The van der Waals surface area contributed by atoms with E-state index in [-0.39, 0.29) is 11.9 Å². The fraction of sp³-hybridized carbons (Fsp3) is 0.500. The maximum atomic E-state index is 12.3. The number of hydrogen-bond donors (Lipinski definition) is 0. The molecule has 1 heterocycles. The maximum Gasteiger partial charge on any atom is 0.228 e. The molecule has 0 N–H and O–H groups in total. The van der Waals surface area contributed by atoms with Gasteiger partial charge in [0.2, 0.25) is 17.6 Å². The molecule has 2 rings (SSSR count). The maximum absolute atomic E-state index is 12.3. The number of hydrogen-bond acceptors (Lipinski definition) is 4. The predicted octanol–water partition coefficient (Wildman–Crippen LogP) is 4.22. The van der Waals surface area contributed by atoms with E-state index in [2.05, 4.69) is 10.1 Å². The molecule has 24 heavy (non-hydrogen) atoms. The summed E-state index contributed by atoms with van der Waals surface area (Å²) in [6, 6.07) is 7.47. The third-order valence-corrected chi connectivity index (χ3v) is 3.88. The van der Waals surface area contributed by atoms with E-state index >= 15 is 0 Å². The van der Waals surface area contributed by atoms with Gasteiger partial charge in [0, 0.05) is 36.0 Å². The first-order valence-corrected chi connectivity index (χ1v) is 8.62. The topological polar surface area (TPSA) is 59.2 Å². The molecule has 1 amide bonds. The molecule has 0 aliphatic heterocycles. The third kappa shape index (κ3) is 5.06. The van der Waals surface area contributed by atoms with Crippen LogP contribution in [-0.2, 0) is 11.2 Å². The van der Waals surface area contributed by atoms with Crippen LogP contribution in [0.5, 0.6) is 0 Å². The third-order valence-electron chi connectivity index (χ3n) is 3.64. The Kier molecular flexibility index (Phi) is 6.37. The van der Waals surface area contributed by atoms with Crippen molar-refractivity contribution in [2.24, 2.45) is 5.92 Å². The van der Waals surface area contributed by atoms with Gasteiger partial charge in [-0.05, 0) is 31.9 Å². The van der Waals surface area contributed by atoms with Crippen LogP contribution in [0.1, 0.15) is 40.0 Å². The van der Waals surface area contributed by atoms with Crippen molar-refractivity contribution < 1.29 is 9.32 Å². The van der Waals surface area contributed by atoms with E-state index in [0.717, 1.165) is 5.56 Å². The van der Waals surface area contributed by atoms with Crippen LogP contribution >= 0.6 is 11.6 Å². The van der Waals surface area contributed by atoms with Gasteiger partial charge < -0.3 is 9.42 Å². The van der Waals surface area contributed by atoms with Gasteiger partial charge in [-0.2, -0.15) is 4.98 Å². The van der Waals surface area contributed by atoms with Crippen molar-refractivity contribution >= 4 is 17.5 Å². The molecule has 130 valence electrons. The highest BCUT2D eigenvalue weighted by molar-refractivity contribution is 6.30. The van der Waals surface area contributed by atoms with E-state index in [1.54, 1.807) is 12.1 Å². The van der Waals surface area contributed by atoms with Gasteiger partial charge in [-0.1, -0.05) is 42.7 Å². The predicted molar refractivity (Wildman–Crippen MR) is 94.8 cm³/mol. The van der Waals surface area contributed by atoms with Crippen molar-refractivity contribution in [3.8, 4) is 11.4 Å². The molecule has 0 unspecified atom stereocenters. The SMILES string of the molecule is CC(C)CC(=O)N(CCc1nc(-c2cccc(Cl)c2)no1)C(C)C. The molecule has 0 saturated carbocycles. The van der Waals surface area contributed by atoms with Crippen LogP contribution in [0.4, 0.5) is 0 Å². The average Bonchev–Trinajstić information content (AvgIpc) is 2.95. The fourth-order valence-electron chi connectivity index (χ4n) is 2.45. The molecule has 0 bridgehead atoms. The number of nitrogens with zero attached hydrogens (tertiary/aromatic N) is 3. The molecule has 0 aliphatic rings. The molecule has 2 aromatic rings. The monoisotopic (exact) mass is 349 g/mol. The Bertz CT molecular complexity index is 682. The van der Waals surface area contributed by atoms with Crippen LogP contribution in [0, 0.1) is 5.92 Å². The molecule has 1 aromatic carbocycles. The molecule has 0 aliphatic carbocycles. The number of rotatable bonds is 7. The normalized spacial score (nSPS) is 11.3. The second kappa shape index (κ2) is 8.29. The molecule has 0 fully saturated rings. The Balaban J connectivity index is 2.02. The summed E-state index contributed by atoms with van der Waals surface area (Å²) in [6.07, 6.45) is 1.09. The lowest BCUT2D eigenvalue weighted by Gasteiger charge is -2.27. The molecule has 5 nitrogen and oxygen atoms in total. The molecule has 6 heteroatoms. The number of carbonyl (C=O) groups excluding carboxylic acids is 1. The second-order valence-electron chi connectivity index (χ2n) is 6.55. The molecule has 1 aromatic heterocycles. The van der Waals surface area contributed by atoms with Crippen LogP contribution in [-0.4, -0.2) is 33.5 Å². The molecule has 0 radical (unpaired) electrons. The van der Waals surface area contributed by atoms with E-state index < -0.39 is 0 Å². The molecule has 0 atom stereocenters. The van der Waals surface area contributed by atoms with Gasteiger partial charge in [0.1, 0.15) is 0 Å². The zero-order valence-corrected chi connectivity index (χ0v) is 15.4. The van der Waals surface area contributed by atoms with E-state index in [4.69, 9.17) is 16.1 Å². The van der Waals surface area contributed by atoms with E-state index in [9.17, 15) is 4.79 Å². The highest BCUT2D eigenvalue weighted by Crippen LogP contribution is 2.20. The minimum absolute atomic E-state index is 0.145. The van der Waals surface area contributed by atoms with Crippen molar-refractivity contribution in [1.82, 2.24) is 15.0 Å². The Labute approximate surface area is 148 Å². The van der Waals surface area contributed by atoms with Gasteiger partial charge in [-0.15, -0.1) is 0 Å². The van der Waals surface area contributed by atoms with E-state index in [1.807, 2.05) is 44.7 Å². The Morgan fingerprint density at radius 2 is 2.04 bits per heavy atom. The molecular weight excluding hydrogens is 326 g/mol. The first-order valence-electron chi connectivity index (χ1n) is 8.24. The van der Waals surface area contributed by atoms with Gasteiger partial charge in [-0.25, -0.2) is 0 Å². The highest BCUT2D eigenvalue weighted by atomic mass is 35.5. The quantitative estimate of drug-likeness (QED) is 0.751. The van der Waals surface area contributed by atoms with Crippen LogP contribution in [0.2, 0.25) is 5.02 Å². The highest BCUT2D eigenvalue weighted by Gasteiger charge is 2.19. The van der Waals surface area contributed by atoms with E-state index in [0.29, 0.717) is 42.0 Å². The van der Waals surface area contributed by atoms with Crippen LogP contribution in [0.15, 0.2) is 28.8 Å². The summed E-state index contributed by atoms with van der Waals surface area (Å²) in [7, 11) is 0. The Hall–Kier alpha value is -1.88. The van der Waals surface area contributed by atoms with Gasteiger partial charge in [0.15, 0.2) is 0 Å². The van der Waals surface area contributed by atoms with Crippen molar-refractivity contribution in [1.29, 1.82) is 0 Å². The van der Waals surface area contributed by atoms with Crippen molar-refractivity contribution in [3.63, 3.8) is 0 Å². The Morgan fingerprint density at radius 1 is 1.29 bits per heavy atom. The number of aromatic nitrogens is 2. The van der Waals surface area contributed by atoms with Gasteiger partial charge in [-0.3, -0.25) is 4.79 Å². The lowest BCUT2D eigenvalue weighted by Crippen LogP contribution is -2.39. The first-order chi connectivity index (χ1) is 11.4. The Morgan fingerprint density at radius 3 is 2.67 bits per heavy atom. The summed E-state index contributed by atoms with van der Waals surface area (Å²) >= 11 is 5.99. The summed E-state index contributed by atoms with van der Waals surface area (Å²) in [5.74, 6) is 1.54. The molecular formula is C18H24ClN3O2. The van der Waals surface area contributed by atoms with Crippen molar-refractivity contribution in [2.45, 2.75) is 46.6 Å². The number of halogens is 1. The second-order valence-corrected chi connectivity index (χ2v) is 6.99. The molecule has 0 spiro atoms. The zero-order valence-electron chi connectivity index (χ0n) is 14.6. The summed E-state index contributed by atoms with van der Waals surface area (Å²) in [5, 5.41) is 4.62. The lowest BCUT2D eigenvalue weighted by atomic mass is 10.1. The summed E-state index contributed by atoms with van der Waals surface area (Å²) in [4.78, 5) is 18.6. The van der Waals surface area contributed by atoms with Crippen molar-refractivity contribution in [2.75, 3.05) is 6.54 Å². The van der Waals surface area contributed by atoms with Gasteiger partial charge in [0.05, 0.1) is 0 Å². The fourth-order valence-corrected chi connectivity index (χ4v) is 2.64. The van der Waals surface area contributed by atoms with E-state index in [1.165, 1.54) is 0 Å². The minimum atomic E-state index is 0.145. The van der Waals surface area contributed by atoms with Crippen LogP contribution in [0.25, 0.3) is 11.4 Å². The molecule has 0 saturated heterocycles. The summed E-state index contributed by atoms with van der Waals surface area (Å²) < 4.78 is 5.31. The number of carbonyl (C=O) groups is 1. The number of amides is 1. The number of benzene rings is 1. The smallest absolute Gasteiger partial charge is 0.228 e. The lowest BCUT2D eigenvalue weighted by molar-refractivity contribution is -0.133. The summed E-state index contributed by atoms with van der Waals surface area (Å²) in [5.41, 5.74) is 0.814. The zero-order chi connectivity index (χ0) is 17.7. The van der Waals surface area contributed by atoms with Crippen molar-refractivity contribution in [3.05, 3.63) is 35.2 Å². The standard InChI is InChI=1S/C18H24ClN3O2/c1-12(2)10-17(23)22(13(3)4)9-8-16-20-18(21-24-16)14-6-5-7-15(19)11-14/h5-7,11-13H,8-10H2,1-4H3. The van der Waals surface area contributed by atoms with Crippen LogP contribution in [0.3, 0.4) is 0 Å². The van der Waals surface area contributed by atoms with Crippen LogP contribution < -0.4 is 0 Å². The average molecular weight is 350 g/mol. The summed E-state index contributed by atoms with van der Waals surface area (Å²) in [6.45, 7) is 8.70. The largest absolute Gasteiger partial charge is 0.340 e. The van der Waals surface area contributed by atoms with Gasteiger partial charge in [0.25, 0.3) is 0 Å². The first kappa shape index (κ1) is 18.5. The minimum Gasteiger partial charge on any atom is -0.340 e.